The lowest BCUT2D eigenvalue weighted by atomic mass is 10.1. The second-order valence-electron chi connectivity index (χ2n) is 7.56. The molecule has 2 aromatic carbocycles. The summed E-state index contributed by atoms with van der Waals surface area (Å²) < 4.78 is 10.4. The number of amides is 3. The molecule has 3 rings (SSSR count). The summed E-state index contributed by atoms with van der Waals surface area (Å²) in [6.07, 6.45) is 0.0967. The maximum absolute atomic E-state index is 13.4. The minimum atomic E-state index is -1.39. The highest BCUT2D eigenvalue weighted by molar-refractivity contribution is 6.44. The fourth-order valence-electron chi connectivity index (χ4n) is 3.83. The summed E-state index contributed by atoms with van der Waals surface area (Å²) >= 11 is 0. The van der Waals surface area contributed by atoms with E-state index in [1.807, 2.05) is 0 Å². The van der Waals surface area contributed by atoms with Gasteiger partial charge in [-0.1, -0.05) is 25.1 Å². The topological polar surface area (TPSA) is 143 Å². The molecule has 2 N–H and O–H groups in total. The fraction of sp³-hybridized carbons (Fsp3) is 0.292. The highest BCUT2D eigenvalue weighted by Gasteiger charge is 2.38. The standard InChI is InChI=1S/C24H25N3O8/c1-4-19(28)26-12-14(24(33)27(13-20(29)30)16-9-6-5-8-15(16)26)25-23(32)22(31)21-17(34-2)10-7-11-18(21)35-3/h5-11,14H,4,12-13H2,1-3H3,(H,25,32)(H,29,30)/t14-/m0/s1. The number of carboxylic acids is 1. The van der Waals surface area contributed by atoms with Gasteiger partial charge in [-0.3, -0.25) is 28.9 Å². The molecule has 0 saturated carbocycles. The van der Waals surface area contributed by atoms with Crippen LogP contribution in [-0.2, 0) is 19.2 Å². The van der Waals surface area contributed by atoms with E-state index in [1.54, 1.807) is 31.2 Å². The van der Waals surface area contributed by atoms with Crippen molar-refractivity contribution in [1.82, 2.24) is 5.32 Å². The Balaban J connectivity index is 2.01. The first-order chi connectivity index (χ1) is 16.7. The molecule has 35 heavy (non-hydrogen) atoms. The second-order valence-corrected chi connectivity index (χ2v) is 7.56. The summed E-state index contributed by atoms with van der Waals surface area (Å²) in [6.45, 7) is 0.642. The average Bonchev–Trinajstić information content (AvgIpc) is 2.97. The third-order valence-electron chi connectivity index (χ3n) is 5.46. The van der Waals surface area contributed by atoms with Gasteiger partial charge in [0, 0.05) is 6.42 Å². The number of aliphatic carboxylic acids is 1. The predicted molar refractivity (Wildman–Crippen MR) is 125 cm³/mol. The van der Waals surface area contributed by atoms with E-state index in [9.17, 15) is 29.1 Å². The van der Waals surface area contributed by atoms with E-state index in [0.717, 1.165) is 4.90 Å². The predicted octanol–water partition coefficient (Wildman–Crippen LogP) is 1.25. The smallest absolute Gasteiger partial charge is 0.323 e. The van der Waals surface area contributed by atoms with E-state index in [0.29, 0.717) is 5.69 Å². The van der Waals surface area contributed by atoms with Crippen molar-refractivity contribution in [1.29, 1.82) is 0 Å². The van der Waals surface area contributed by atoms with Crippen LogP contribution in [0, 0.1) is 0 Å². The Hall–Kier alpha value is -4.41. The molecule has 1 atom stereocenters. The Labute approximate surface area is 201 Å². The van der Waals surface area contributed by atoms with Crippen LogP contribution < -0.4 is 24.6 Å². The molecular formula is C24H25N3O8. The number of hydrogen-bond acceptors (Lipinski definition) is 7. The molecule has 0 saturated heterocycles. The quantitative estimate of drug-likeness (QED) is 0.422. The number of nitrogens with zero attached hydrogens (tertiary/aromatic N) is 2. The Morgan fingerprint density at radius 3 is 2.14 bits per heavy atom. The number of methoxy groups -OCH3 is 2. The summed E-state index contributed by atoms with van der Waals surface area (Å²) in [4.78, 5) is 66.0. The molecule has 11 nitrogen and oxygen atoms in total. The van der Waals surface area contributed by atoms with Crippen molar-refractivity contribution in [3.05, 3.63) is 48.0 Å². The summed E-state index contributed by atoms with van der Waals surface area (Å²) in [5.74, 6) is -4.39. The van der Waals surface area contributed by atoms with E-state index in [1.165, 1.54) is 37.3 Å². The molecule has 3 amide bonds. The first kappa shape index (κ1) is 25.2. The first-order valence-electron chi connectivity index (χ1n) is 10.7. The molecule has 0 aromatic heterocycles. The van der Waals surface area contributed by atoms with Crippen molar-refractivity contribution in [2.24, 2.45) is 0 Å². The number of Topliss-reactive ketones (excluding diaryl/α,β-unsaturated/α-hetero) is 1. The van der Waals surface area contributed by atoms with Crippen LogP contribution in [0.25, 0.3) is 0 Å². The van der Waals surface area contributed by atoms with Gasteiger partial charge in [-0.2, -0.15) is 0 Å². The normalized spacial score (nSPS) is 15.1. The average molecular weight is 483 g/mol. The van der Waals surface area contributed by atoms with Crippen LogP contribution >= 0.6 is 0 Å². The van der Waals surface area contributed by atoms with Gasteiger partial charge in [-0.15, -0.1) is 0 Å². The van der Waals surface area contributed by atoms with Gasteiger partial charge < -0.3 is 24.8 Å². The zero-order chi connectivity index (χ0) is 25.7. The number of para-hydroxylation sites is 2. The molecule has 0 radical (unpaired) electrons. The van der Waals surface area contributed by atoms with Crippen LogP contribution in [-0.4, -0.2) is 67.9 Å². The molecule has 0 bridgehead atoms. The van der Waals surface area contributed by atoms with Crippen LogP contribution in [0.15, 0.2) is 42.5 Å². The first-order valence-corrected chi connectivity index (χ1v) is 10.7. The lowest BCUT2D eigenvalue weighted by Crippen LogP contribution is -2.54. The fourth-order valence-corrected chi connectivity index (χ4v) is 3.83. The number of ether oxygens (including phenoxy) is 2. The highest BCUT2D eigenvalue weighted by Crippen LogP contribution is 2.33. The van der Waals surface area contributed by atoms with Crippen LogP contribution in [0.5, 0.6) is 11.5 Å². The van der Waals surface area contributed by atoms with Crippen molar-refractivity contribution in [3.8, 4) is 11.5 Å². The maximum atomic E-state index is 13.4. The van der Waals surface area contributed by atoms with Crippen LogP contribution in [0.3, 0.4) is 0 Å². The molecule has 1 aliphatic heterocycles. The van der Waals surface area contributed by atoms with Crippen molar-refractivity contribution in [3.63, 3.8) is 0 Å². The second kappa shape index (κ2) is 10.7. The zero-order valence-electron chi connectivity index (χ0n) is 19.4. The van der Waals surface area contributed by atoms with Crippen LogP contribution in [0.1, 0.15) is 23.7 Å². The van der Waals surface area contributed by atoms with Gasteiger partial charge in [-0.25, -0.2) is 0 Å². The SMILES string of the molecule is CCC(=O)N1C[C@H](NC(=O)C(=O)c2c(OC)cccc2OC)C(=O)N(CC(=O)O)c2ccccc21. The number of benzene rings is 2. The van der Waals surface area contributed by atoms with E-state index in [2.05, 4.69) is 5.32 Å². The number of hydrogen-bond donors (Lipinski definition) is 2. The van der Waals surface area contributed by atoms with Crippen molar-refractivity contribution < 1.29 is 38.6 Å². The third-order valence-corrected chi connectivity index (χ3v) is 5.46. The number of nitrogens with one attached hydrogen (secondary N) is 1. The molecule has 0 spiro atoms. The molecule has 2 aromatic rings. The number of anilines is 2. The molecule has 0 unspecified atom stereocenters. The lowest BCUT2D eigenvalue weighted by molar-refractivity contribution is -0.137. The highest BCUT2D eigenvalue weighted by atomic mass is 16.5. The number of fused-ring (bicyclic) bond motifs is 1. The van der Waals surface area contributed by atoms with Gasteiger partial charge in [0.05, 0.1) is 32.1 Å². The summed E-state index contributed by atoms with van der Waals surface area (Å²) in [7, 11) is 2.65. The van der Waals surface area contributed by atoms with Crippen molar-refractivity contribution in [2.45, 2.75) is 19.4 Å². The molecular weight excluding hydrogens is 458 g/mol. The monoisotopic (exact) mass is 483 g/mol. The Morgan fingerprint density at radius 1 is 1.00 bits per heavy atom. The van der Waals surface area contributed by atoms with E-state index in [-0.39, 0.29) is 41.6 Å². The molecule has 0 aliphatic carbocycles. The maximum Gasteiger partial charge on any atom is 0.323 e. The summed E-state index contributed by atoms with van der Waals surface area (Å²) in [6, 6.07) is 9.49. The number of ketones is 1. The Morgan fingerprint density at radius 2 is 1.60 bits per heavy atom. The summed E-state index contributed by atoms with van der Waals surface area (Å²) in [5, 5.41) is 11.8. The van der Waals surface area contributed by atoms with E-state index >= 15 is 0 Å². The molecule has 0 fully saturated rings. The van der Waals surface area contributed by atoms with Gasteiger partial charge in [-0.05, 0) is 24.3 Å². The van der Waals surface area contributed by atoms with Gasteiger partial charge in [0.1, 0.15) is 29.6 Å². The van der Waals surface area contributed by atoms with Gasteiger partial charge >= 0.3 is 5.97 Å². The molecule has 184 valence electrons. The third kappa shape index (κ3) is 5.08. The lowest BCUT2D eigenvalue weighted by Gasteiger charge is -2.24. The van der Waals surface area contributed by atoms with Crippen LogP contribution in [0.2, 0.25) is 0 Å². The largest absolute Gasteiger partial charge is 0.496 e. The van der Waals surface area contributed by atoms with Crippen molar-refractivity contribution >= 4 is 40.8 Å². The number of carboxylic acid groups (broad SMARTS) is 1. The number of carbonyl (C=O) groups excluding carboxylic acids is 4. The molecule has 1 heterocycles. The Bertz CT molecular complexity index is 1160. The number of rotatable bonds is 8. The van der Waals surface area contributed by atoms with Crippen molar-refractivity contribution in [2.75, 3.05) is 37.1 Å². The number of carbonyl (C=O) groups is 5. The van der Waals surface area contributed by atoms with Gasteiger partial charge in [0.15, 0.2) is 0 Å². The van der Waals surface area contributed by atoms with Gasteiger partial charge in [0.25, 0.3) is 17.6 Å². The van der Waals surface area contributed by atoms with E-state index in [4.69, 9.17) is 9.47 Å². The molecule has 11 heteroatoms. The van der Waals surface area contributed by atoms with Crippen LogP contribution in [0.4, 0.5) is 11.4 Å². The van der Waals surface area contributed by atoms with E-state index < -0.39 is 36.2 Å². The Kier molecular flexibility index (Phi) is 7.69. The zero-order valence-corrected chi connectivity index (χ0v) is 19.4. The van der Waals surface area contributed by atoms with Gasteiger partial charge in [0.2, 0.25) is 5.91 Å². The summed E-state index contributed by atoms with van der Waals surface area (Å²) in [5.41, 5.74) is 0.392. The molecule has 1 aliphatic rings. The minimum absolute atomic E-state index is 0.0967. The minimum Gasteiger partial charge on any atom is -0.496 e.